The second-order valence-corrected chi connectivity index (χ2v) is 11.9. The molecule has 0 bridgehead atoms. The molecule has 0 aromatic heterocycles. The first-order valence-electron chi connectivity index (χ1n) is 12.4. The van der Waals surface area contributed by atoms with E-state index >= 15 is 0 Å². The summed E-state index contributed by atoms with van der Waals surface area (Å²) in [6.45, 7) is 16.2. The molecule has 33 heavy (non-hydrogen) atoms. The fraction of sp³-hybridized carbons (Fsp3) is 0.692. The van der Waals surface area contributed by atoms with Crippen molar-refractivity contribution >= 4 is 29.9 Å². The van der Waals surface area contributed by atoms with Crippen molar-refractivity contribution in [3.05, 3.63) is 23.8 Å². The van der Waals surface area contributed by atoms with E-state index in [0.29, 0.717) is 18.0 Å². The summed E-state index contributed by atoms with van der Waals surface area (Å²) >= 11 is 0. The van der Waals surface area contributed by atoms with E-state index in [-0.39, 0.29) is 5.91 Å². The Morgan fingerprint density at radius 1 is 1.06 bits per heavy atom. The molecule has 4 aliphatic rings. The van der Waals surface area contributed by atoms with Crippen molar-refractivity contribution in [2.24, 2.45) is 5.92 Å². The van der Waals surface area contributed by atoms with Gasteiger partial charge in [-0.2, -0.15) is 0 Å². The normalized spacial score (nSPS) is 32.2. The predicted octanol–water partition coefficient (Wildman–Crippen LogP) is 3.07. The zero-order valence-corrected chi connectivity index (χ0v) is 21.2. The zero-order chi connectivity index (χ0) is 23.8. The van der Waals surface area contributed by atoms with Crippen molar-refractivity contribution in [1.82, 2.24) is 5.32 Å². The number of carbonyl (C=O) groups excluding carboxylic acids is 1. The Balaban J connectivity index is 1.41. The number of rotatable bonds is 3. The lowest BCUT2D eigenvalue weighted by Gasteiger charge is -2.36. The average molecular weight is 453 g/mol. The van der Waals surface area contributed by atoms with Gasteiger partial charge in [0.1, 0.15) is 5.41 Å². The fourth-order valence-corrected chi connectivity index (χ4v) is 5.45. The monoisotopic (exact) mass is 453 g/mol. The van der Waals surface area contributed by atoms with Crippen LogP contribution in [0.5, 0.6) is 0 Å². The van der Waals surface area contributed by atoms with E-state index in [4.69, 9.17) is 14.0 Å². The van der Waals surface area contributed by atoms with Gasteiger partial charge < -0.3 is 19.4 Å². The van der Waals surface area contributed by atoms with E-state index in [0.717, 1.165) is 49.2 Å². The number of hydrogen-bond acceptors (Lipinski definition) is 5. The van der Waals surface area contributed by atoms with Gasteiger partial charge in [-0.15, -0.1) is 4.58 Å². The summed E-state index contributed by atoms with van der Waals surface area (Å²) in [5, 5.41) is 3.81. The van der Waals surface area contributed by atoms with Crippen molar-refractivity contribution in [3.8, 4) is 0 Å². The number of amides is 1. The summed E-state index contributed by atoms with van der Waals surface area (Å²) in [6.07, 6.45) is 2.88. The van der Waals surface area contributed by atoms with Gasteiger partial charge in [0.25, 0.3) is 0 Å². The number of hydrogen-bond donors (Lipinski definition) is 1. The second kappa shape index (κ2) is 7.74. The number of nitrogens with zero attached hydrogens (tertiary/aromatic N) is 1. The standard InChI is InChI=1S/C26H38BN2O4/c1-16-15-31-11-10-21(16)28-18-13-19(14-18)29-22-12-17(8-9-20(22)24(2,3)23(29)30)27-32-25(4,5)26(6,7)33-27/h8-9,12,16,18,21,28H,10-11,13-15H2,1-7H3/q+1/t16-,18?,21-/m1/s1. The van der Waals surface area contributed by atoms with Crippen LogP contribution in [0.1, 0.15) is 73.3 Å². The summed E-state index contributed by atoms with van der Waals surface area (Å²) in [5.74, 6) is 0.690. The van der Waals surface area contributed by atoms with Crippen LogP contribution in [-0.2, 0) is 24.3 Å². The van der Waals surface area contributed by atoms with Crippen molar-refractivity contribution < 1.29 is 23.4 Å². The molecule has 0 unspecified atom stereocenters. The van der Waals surface area contributed by atoms with Gasteiger partial charge in [0.15, 0.2) is 5.71 Å². The molecule has 3 aliphatic heterocycles. The van der Waals surface area contributed by atoms with Crippen molar-refractivity contribution in [1.29, 1.82) is 0 Å². The van der Waals surface area contributed by atoms with Gasteiger partial charge in [-0.3, -0.25) is 0 Å². The highest BCUT2D eigenvalue weighted by molar-refractivity contribution is 6.62. The smallest absolute Gasteiger partial charge is 0.399 e. The van der Waals surface area contributed by atoms with Gasteiger partial charge in [-0.25, -0.2) is 4.79 Å². The lowest BCUT2D eigenvalue weighted by molar-refractivity contribution is -0.368. The lowest BCUT2D eigenvalue weighted by Crippen LogP contribution is -2.53. The molecule has 1 amide bonds. The van der Waals surface area contributed by atoms with Crippen LogP contribution in [0.3, 0.4) is 0 Å². The highest BCUT2D eigenvalue weighted by Gasteiger charge is 2.55. The van der Waals surface area contributed by atoms with E-state index in [1.807, 2.05) is 18.4 Å². The van der Waals surface area contributed by atoms with Crippen molar-refractivity contribution in [2.45, 2.75) is 96.4 Å². The van der Waals surface area contributed by atoms with Crippen molar-refractivity contribution in [2.75, 3.05) is 13.2 Å². The molecular weight excluding hydrogens is 415 g/mol. The molecule has 1 aromatic rings. The van der Waals surface area contributed by atoms with Crippen LogP contribution in [0, 0.1) is 5.92 Å². The maximum atomic E-state index is 13.5. The summed E-state index contributed by atoms with van der Waals surface area (Å²) in [6, 6.07) is 7.18. The number of carbonyl (C=O) groups is 1. The maximum absolute atomic E-state index is 13.5. The third kappa shape index (κ3) is 3.72. The number of fused-ring (bicyclic) bond motifs is 1. The summed E-state index contributed by atoms with van der Waals surface area (Å²) in [7, 11) is -0.434. The third-order valence-electron chi connectivity index (χ3n) is 8.57. The topological polar surface area (TPSA) is 59.8 Å². The number of ether oxygens (including phenoxy) is 1. The molecule has 3 fully saturated rings. The molecule has 7 heteroatoms. The minimum absolute atomic E-state index is 0.163. The average Bonchev–Trinajstić information content (AvgIpc) is 3.05. The highest BCUT2D eigenvalue weighted by Crippen LogP contribution is 2.42. The van der Waals surface area contributed by atoms with Crippen LogP contribution < -0.4 is 10.8 Å². The Morgan fingerprint density at radius 2 is 1.73 bits per heavy atom. The number of benzene rings is 1. The first kappa shape index (κ1) is 23.2. The van der Waals surface area contributed by atoms with Gasteiger partial charge in [-0.05, 0) is 59.3 Å². The molecule has 1 aliphatic carbocycles. The van der Waals surface area contributed by atoms with Crippen molar-refractivity contribution in [3.63, 3.8) is 0 Å². The van der Waals surface area contributed by atoms with Gasteiger partial charge >= 0.3 is 13.0 Å². The van der Waals surface area contributed by atoms with E-state index < -0.39 is 23.7 Å². The molecule has 5 rings (SSSR count). The van der Waals surface area contributed by atoms with Gasteiger partial charge in [0.2, 0.25) is 5.69 Å². The van der Waals surface area contributed by atoms with Crippen LogP contribution in [-0.4, -0.2) is 59.8 Å². The van der Waals surface area contributed by atoms with Crippen LogP contribution in [0.2, 0.25) is 0 Å². The molecule has 178 valence electrons. The lowest BCUT2D eigenvalue weighted by atomic mass is 9.77. The first-order valence-corrected chi connectivity index (χ1v) is 12.4. The quantitative estimate of drug-likeness (QED) is 0.563. The molecule has 1 N–H and O–H groups in total. The first-order chi connectivity index (χ1) is 15.4. The molecule has 2 atom stereocenters. The molecule has 6 nitrogen and oxygen atoms in total. The van der Waals surface area contributed by atoms with E-state index in [2.05, 4.69) is 58.1 Å². The van der Waals surface area contributed by atoms with E-state index in [9.17, 15) is 4.79 Å². The zero-order valence-electron chi connectivity index (χ0n) is 21.2. The van der Waals surface area contributed by atoms with Crippen LogP contribution >= 0.6 is 0 Å². The second-order valence-electron chi connectivity index (χ2n) is 11.9. The molecule has 1 aromatic carbocycles. The molecule has 3 heterocycles. The summed E-state index contributed by atoms with van der Waals surface area (Å²) in [5.41, 5.74) is 2.91. The van der Waals surface area contributed by atoms with Crippen LogP contribution in [0.4, 0.5) is 5.69 Å². The minimum Gasteiger partial charge on any atom is -0.399 e. The Hall–Kier alpha value is -1.54. The molecule has 1 saturated carbocycles. The Morgan fingerprint density at radius 3 is 2.36 bits per heavy atom. The van der Waals surface area contributed by atoms with E-state index in [1.165, 1.54) is 5.71 Å². The minimum atomic E-state index is -0.537. The van der Waals surface area contributed by atoms with Gasteiger partial charge in [0, 0.05) is 43.2 Å². The third-order valence-corrected chi connectivity index (χ3v) is 8.57. The van der Waals surface area contributed by atoms with Gasteiger partial charge in [-0.1, -0.05) is 19.1 Å². The molecular formula is C26H38BN2O4+. The Bertz CT molecular complexity index is 992. The maximum Gasteiger partial charge on any atom is 0.495 e. The highest BCUT2D eigenvalue weighted by atomic mass is 16.7. The largest absolute Gasteiger partial charge is 0.495 e. The molecule has 2 saturated heterocycles. The van der Waals surface area contributed by atoms with Crippen LogP contribution in [0.25, 0.3) is 0 Å². The predicted molar refractivity (Wildman–Crippen MR) is 130 cm³/mol. The SMILES string of the molecule is C[C@@H]1COCC[C@H]1NC1CC(=[N+]2C(=O)C(C)(C)c3ccc(B4OC(C)(C)C(C)(C)O4)cc32)C1. The number of nitrogens with one attached hydrogen (secondary N) is 1. The van der Waals surface area contributed by atoms with Crippen LogP contribution in [0.15, 0.2) is 18.2 Å². The Labute approximate surface area is 198 Å². The fourth-order valence-electron chi connectivity index (χ4n) is 5.45. The summed E-state index contributed by atoms with van der Waals surface area (Å²) in [4.78, 5) is 13.5. The van der Waals surface area contributed by atoms with E-state index in [1.54, 1.807) is 0 Å². The summed E-state index contributed by atoms with van der Waals surface area (Å²) < 4.78 is 20.1. The molecule has 0 radical (unpaired) electrons. The Kier molecular flexibility index (Phi) is 5.44. The van der Waals surface area contributed by atoms with Gasteiger partial charge in [0.05, 0.1) is 17.8 Å². The molecule has 0 spiro atoms.